The van der Waals surface area contributed by atoms with E-state index in [-0.39, 0.29) is 22.2 Å². The Labute approximate surface area is 168 Å². The first-order valence-corrected chi connectivity index (χ1v) is 11.2. The van der Waals surface area contributed by atoms with Crippen LogP contribution in [0.3, 0.4) is 0 Å². The molecule has 1 atom stereocenters. The summed E-state index contributed by atoms with van der Waals surface area (Å²) in [4.78, 5) is 4.12. The van der Waals surface area contributed by atoms with Crippen LogP contribution in [0.5, 0.6) is 0 Å². The fourth-order valence-electron chi connectivity index (χ4n) is 4.18. The van der Waals surface area contributed by atoms with E-state index in [0.29, 0.717) is 18.5 Å². The maximum Gasteiger partial charge on any atom is 0.263 e. The summed E-state index contributed by atoms with van der Waals surface area (Å²) in [7, 11) is -4.01. The van der Waals surface area contributed by atoms with Crippen molar-refractivity contribution in [3.05, 3.63) is 48.2 Å². The van der Waals surface area contributed by atoms with Crippen LogP contribution in [0.1, 0.15) is 38.5 Å². The second-order valence-corrected chi connectivity index (χ2v) is 9.40. The Bertz CT molecular complexity index is 957. The van der Waals surface area contributed by atoms with Gasteiger partial charge in [0.1, 0.15) is 22.3 Å². The predicted molar refractivity (Wildman–Crippen MR) is 105 cm³/mol. The van der Waals surface area contributed by atoms with Crippen molar-refractivity contribution in [3.63, 3.8) is 0 Å². The molecule has 156 valence electrons. The third-order valence-electron chi connectivity index (χ3n) is 5.52. The zero-order valence-electron chi connectivity index (χ0n) is 15.8. The monoisotopic (exact) mass is 423 g/mol. The zero-order valence-corrected chi connectivity index (χ0v) is 16.6. The molecule has 2 heterocycles. The summed E-state index contributed by atoms with van der Waals surface area (Å²) in [6.45, 7) is 0.707. The molecular formula is C20H23F2N3O3S. The van der Waals surface area contributed by atoms with Crippen molar-refractivity contribution in [1.29, 1.82) is 0 Å². The summed E-state index contributed by atoms with van der Waals surface area (Å²) in [6.07, 6.45) is 7.58. The van der Waals surface area contributed by atoms with Gasteiger partial charge >= 0.3 is 0 Å². The molecule has 2 fully saturated rings. The predicted octanol–water partition coefficient (Wildman–Crippen LogP) is 4.06. The van der Waals surface area contributed by atoms with E-state index in [1.807, 2.05) is 0 Å². The lowest BCUT2D eigenvalue weighted by Crippen LogP contribution is -2.42. The Balaban J connectivity index is 1.43. The molecule has 29 heavy (non-hydrogen) atoms. The minimum absolute atomic E-state index is 0.0245. The first-order chi connectivity index (χ1) is 13.8. The van der Waals surface area contributed by atoms with Crippen LogP contribution in [0, 0.1) is 11.6 Å². The number of halogens is 2. The van der Waals surface area contributed by atoms with Crippen LogP contribution < -0.4 is 10.0 Å². The average Bonchev–Trinajstić information content (AvgIpc) is 3.08. The Morgan fingerprint density at radius 1 is 1.10 bits per heavy atom. The summed E-state index contributed by atoms with van der Waals surface area (Å²) in [5.74, 6) is -1.14. The highest BCUT2D eigenvalue weighted by Crippen LogP contribution is 2.40. The van der Waals surface area contributed by atoms with Crippen LogP contribution in [0.15, 0.2) is 41.4 Å². The second kappa shape index (κ2) is 7.87. The molecule has 1 aromatic carbocycles. The SMILES string of the molecule is O=S(=O)(Nc1cc(F)cc(F)c1)c1ccc(NC2CCOC3(CCCC3)C2)nc1. The lowest BCUT2D eigenvalue weighted by molar-refractivity contribution is -0.0767. The molecule has 2 aliphatic rings. The van der Waals surface area contributed by atoms with Gasteiger partial charge in [-0.3, -0.25) is 4.72 Å². The van der Waals surface area contributed by atoms with Crippen LogP contribution in [-0.4, -0.2) is 31.7 Å². The molecule has 1 aliphatic heterocycles. The van der Waals surface area contributed by atoms with Crippen molar-refractivity contribution in [2.45, 2.75) is 55.1 Å². The molecule has 1 aliphatic carbocycles. The summed E-state index contributed by atoms with van der Waals surface area (Å²) in [6, 6.07) is 5.73. The maximum atomic E-state index is 13.3. The summed E-state index contributed by atoms with van der Waals surface area (Å²) in [5, 5.41) is 3.37. The molecule has 2 aromatic rings. The molecule has 0 amide bonds. The third kappa shape index (κ3) is 4.67. The van der Waals surface area contributed by atoms with E-state index < -0.39 is 21.7 Å². The van der Waals surface area contributed by atoms with Gasteiger partial charge in [0.05, 0.1) is 11.3 Å². The number of sulfonamides is 1. The number of nitrogens with zero attached hydrogens (tertiary/aromatic N) is 1. The Hall–Kier alpha value is -2.26. The number of nitrogens with one attached hydrogen (secondary N) is 2. The molecule has 1 saturated carbocycles. The lowest BCUT2D eigenvalue weighted by Gasteiger charge is -2.38. The quantitative estimate of drug-likeness (QED) is 0.758. The molecular weight excluding hydrogens is 400 g/mol. The molecule has 9 heteroatoms. The molecule has 0 bridgehead atoms. The van der Waals surface area contributed by atoms with Crippen molar-refractivity contribution in [2.24, 2.45) is 0 Å². The van der Waals surface area contributed by atoms with Crippen LogP contribution in [0.2, 0.25) is 0 Å². The fourth-order valence-corrected chi connectivity index (χ4v) is 5.16. The molecule has 0 radical (unpaired) electrons. The van der Waals surface area contributed by atoms with Crippen molar-refractivity contribution in [1.82, 2.24) is 4.98 Å². The number of aromatic nitrogens is 1. The van der Waals surface area contributed by atoms with E-state index >= 15 is 0 Å². The van der Waals surface area contributed by atoms with Crippen LogP contribution in [0.25, 0.3) is 0 Å². The van der Waals surface area contributed by atoms with Gasteiger partial charge in [-0.05, 0) is 49.9 Å². The van der Waals surface area contributed by atoms with Crippen LogP contribution >= 0.6 is 0 Å². The van der Waals surface area contributed by atoms with E-state index in [0.717, 1.165) is 37.8 Å². The Kier molecular flexibility index (Phi) is 5.44. The fraction of sp³-hybridized carbons (Fsp3) is 0.450. The Morgan fingerprint density at radius 2 is 1.83 bits per heavy atom. The number of benzene rings is 1. The zero-order chi connectivity index (χ0) is 20.5. The Morgan fingerprint density at radius 3 is 2.48 bits per heavy atom. The van der Waals surface area contributed by atoms with E-state index in [4.69, 9.17) is 4.74 Å². The summed E-state index contributed by atoms with van der Waals surface area (Å²) >= 11 is 0. The number of pyridine rings is 1. The molecule has 1 spiro atoms. The van der Waals surface area contributed by atoms with Crippen molar-refractivity contribution in [2.75, 3.05) is 16.6 Å². The first-order valence-electron chi connectivity index (χ1n) is 9.69. The van der Waals surface area contributed by atoms with Gasteiger partial charge in [0.2, 0.25) is 0 Å². The number of anilines is 2. The number of rotatable bonds is 5. The molecule has 1 saturated heterocycles. The smallest absolute Gasteiger partial charge is 0.263 e. The molecule has 4 rings (SSSR count). The van der Waals surface area contributed by atoms with Crippen LogP contribution in [-0.2, 0) is 14.8 Å². The normalized spacial score (nSPS) is 21.2. The van der Waals surface area contributed by atoms with Gasteiger partial charge in [-0.15, -0.1) is 0 Å². The third-order valence-corrected chi connectivity index (χ3v) is 6.89. The number of hydrogen-bond donors (Lipinski definition) is 2. The first kappa shape index (κ1) is 20.0. The van der Waals surface area contributed by atoms with Gasteiger partial charge in [-0.2, -0.15) is 0 Å². The molecule has 1 aromatic heterocycles. The maximum absolute atomic E-state index is 13.3. The van der Waals surface area contributed by atoms with Gasteiger partial charge < -0.3 is 10.1 Å². The van der Waals surface area contributed by atoms with Gasteiger partial charge in [0.25, 0.3) is 10.0 Å². The second-order valence-electron chi connectivity index (χ2n) is 7.72. The lowest BCUT2D eigenvalue weighted by atomic mass is 9.89. The highest BCUT2D eigenvalue weighted by molar-refractivity contribution is 7.92. The highest BCUT2D eigenvalue weighted by atomic mass is 32.2. The molecule has 6 nitrogen and oxygen atoms in total. The van der Waals surface area contributed by atoms with Gasteiger partial charge in [0, 0.05) is 24.9 Å². The summed E-state index contributed by atoms with van der Waals surface area (Å²) < 4.78 is 59.7. The van der Waals surface area contributed by atoms with E-state index in [1.54, 1.807) is 6.07 Å². The largest absolute Gasteiger partial charge is 0.375 e. The topological polar surface area (TPSA) is 80.3 Å². The van der Waals surface area contributed by atoms with Gasteiger partial charge in [-0.25, -0.2) is 22.2 Å². The van der Waals surface area contributed by atoms with E-state index in [9.17, 15) is 17.2 Å². The minimum Gasteiger partial charge on any atom is -0.375 e. The summed E-state index contributed by atoms with van der Waals surface area (Å²) in [5.41, 5.74) is -0.211. The van der Waals surface area contributed by atoms with Crippen LogP contribution in [0.4, 0.5) is 20.3 Å². The molecule has 1 unspecified atom stereocenters. The molecule has 2 N–H and O–H groups in total. The number of ether oxygens (including phenoxy) is 1. The number of hydrogen-bond acceptors (Lipinski definition) is 5. The van der Waals surface area contributed by atoms with Gasteiger partial charge in [-0.1, -0.05) is 12.8 Å². The minimum atomic E-state index is -4.01. The van der Waals surface area contributed by atoms with E-state index in [2.05, 4.69) is 15.0 Å². The van der Waals surface area contributed by atoms with Gasteiger partial charge in [0.15, 0.2) is 0 Å². The van der Waals surface area contributed by atoms with E-state index in [1.165, 1.54) is 25.1 Å². The van der Waals surface area contributed by atoms with Crippen molar-refractivity contribution in [3.8, 4) is 0 Å². The van der Waals surface area contributed by atoms with Crippen molar-refractivity contribution >= 4 is 21.5 Å². The van der Waals surface area contributed by atoms with Crippen molar-refractivity contribution < 1.29 is 21.9 Å². The standard InChI is InChI=1S/C20H23F2N3O3S/c21-14-9-15(22)11-17(10-14)25-29(26,27)18-3-4-19(23-13-18)24-16-5-8-28-20(12-16)6-1-2-7-20/h3-4,9-11,13,16,25H,1-2,5-8,12H2,(H,23,24). The average molecular weight is 423 g/mol. The highest BCUT2D eigenvalue weighted by Gasteiger charge is 2.39.